The molecule has 0 atom stereocenters. The quantitative estimate of drug-likeness (QED) is 0.842. The molecule has 1 amide bonds. The van der Waals surface area contributed by atoms with Crippen molar-refractivity contribution in [1.82, 2.24) is 0 Å². The van der Waals surface area contributed by atoms with E-state index < -0.39 is 5.91 Å². The summed E-state index contributed by atoms with van der Waals surface area (Å²) < 4.78 is 6.81. The Kier molecular flexibility index (Phi) is 3.99. The number of hydrogen-bond acceptors (Lipinski definition) is 3. The zero-order chi connectivity index (χ0) is 14.9. The van der Waals surface area contributed by atoms with Crippen molar-refractivity contribution in [1.29, 1.82) is 0 Å². The van der Waals surface area contributed by atoms with Gasteiger partial charge >= 0.3 is 0 Å². The van der Waals surface area contributed by atoms with Crippen molar-refractivity contribution >= 4 is 27.5 Å². The fourth-order valence-electron chi connectivity index (χ4n) is 1.94. The van der Waals surface area contributed by atoms with Crippen LogP contribution in [-0.4, -0.2) is 5.91 Å². The molecule has 4 nitrogen and oxygen atoms in total. The molecule has 0 bridgehead atoms. The number of halogens is 1. The van der Waals surface area contributed by atoms with Crippen LogP contribution in [0.1, 0.15) is 21.5 Å². The van der Waals surface area contributed by atoms with Crippen molar-refractivity contribution in [3.05, 3.63) is 51.5 Å². The molecule has 0 saturated heterocycles. The Balaban J connectivity index is 2.40. The average molecular weight is 335 g/mol. The third-order valence-corrected chi connectivity index (χ3v) is 4.22. The molecule has 5 heteroatoms. The van der Waals surface area contributed by atoms with Crippen LogP contribution in [0.4, 0.5) is 5.69 Å². The molecule has 2 aromatic carbocycles. The Labute approximate surface area is 125 Å². The molecule has 0 radical (unpaired) electrons. The highest BCUT2D eigenvalue weighted by molar-refractivity contribution is 9.10. The van der Waals surface area contributed by atoms with Crippen molar-refractivity contribution < 1.29 is 9.53 Å². The van der Waals surface area contributed by atoms with Crippen LogP contribution in [-0.2, 0) is 0 Å². The lowest BCUT2D eigenvalue weighted by Gasteiger charge is -2.12. The molecule has 0 aliphatic rings. The molecule has 0 aromatic heterocycles. The van der Waals surface area contributed by atoms with Gasteiger partial charge in [-0.2, -0.15) is 0 Å². The predicted molar refractivity (Wildman–Crippen MR) is 83.1 cm³/mol. The number of anilines is 1. The molecule has 0 saturated carbocycles. The minimum Gasteiger partial charge on any atom is -0.455 e. The van der Waals surface area contributed by atoms with E-state index in [9.17, 15) is 4.79 Å². The molecule has 0 unspecified atom stereocenters. The van der Waals surface area contributed by atoms with Gasteiger partial charge in [0.05, 0.1) is 11.3 Å². The molecule has 104 valence electrons. The molecule has 4 N–H and O–H groups in total. The van der Waals surface area contributed by atoms with E-state index >= 15 is 0 Å². The van der Waals surface area contributed by atoms with Crippen LogP contribution in [0.15, 0.2) is 34.8 Å². The van der Waals surface area contributed by atoms with E-state index in [1.165, 1.54) is 0 Å². The van der Waals surface area contributed by atoms with Gasteiger partial charge in [-0.1, -0.05) is 22.0 Å². The highest BCUT2D eigenvalue weighted by Gasteiger charge is 2.12. The summed E-state index contributed by atoms with van der Waals surface area (Å²) in [6, 6.07) is 8.75. The number of amides is 1. The van der Waals surface area contributed by atoms with Crippen molar-refractivity contribution in [2.75, 3.05) is 5.73 Å². The first-order valence-corrected chi connectivity index (χ1v) is 6.82. The molecule has 20 heavy (non-hydrogen) atoms. The zero-order valence-electron chi connectivity index (χ0n) is 11.2. The fraction of sp³-hybridized carbons (Fsp3) is 0.133. The number of carbonyl (C=O) groups is 1. The van der Waals surface area contributed by atoms with Gasteiger partial charge in [-0.25, -0.2) is 0 Å². The lowest BCUT2D eigenvalue weighted by atomic mass is 10.1. The Morgan fingerprint density at radius 3 is 2.35 bits per heavy atom. The summed E-state index contributed by atoms with van der Waals surface area (Å²) in [7, 11) is 0. The number of nitrogens with two attached hydrogens (primary N) is 2. The summed E-state index contributed by atoms with van der Waals surface area (Å²) >= 11 is 3.50. The second kappa shape index (κ2) is 5.54. The topological polar surface area (TPSA) is 78.3 Å². The first-order chi connectivity index (χ1) is 9.40. The molecular formula is C15H15BrN2O2. The van der Waals surface area contributed by atoms with Gasteiger partial charge in [-0.05, 0) is 49.2 Å². The van der Waals surface area contributed by atoms with Crippen molar-refractivity contribution in [2.24, 2.45) is 5.73 Å². The summed E-state index contributed by atoms with van der Waals surface area (Å²) in [5, 5.41) is 0. The minimum absolute atomic E-state index is 0.248. The summed E-state index contributed by atoms with van der Waals surface area (Å²) in [6.07, 6.45) is 0. The van der Waals surface area contributed by atoms with Crippen LogP contribution in [0, 0.1) is 13.8 Å². The lowest BCUT2D eigenvalue weighted by Crippen LogP contribution is -2.13. The van der Waals surface area contributed by atoms with E-state index in [0.717, 1.165) is 15.6 Å². The largest absolute Gasteiger partial charge is 0.455 e. The first-order valence-electron chi connectivity index (χ1n) is 6.03. The fourth-order valence-corrected chi connectivity index (χ4v) is 2.17. The Bertz CT molecular complexity index is 661. The molecular weight excluding hydrogens is 320 g/mol. The highest BCUT2D eigenvalue weighted by Crippen LogP contribution is 2.33. The van der Waals surface area contributed by atoms with Gasteiger partial charge in [0.25, 0.3) is 5.91 Å². The van der Waals surface area contributed by atoms with E-state index in [-0.39, 0.29) is 11.3 Å². The van der Waals surface area contributed by atoms with E-state index in [4.69, 9.17) is 16.2 Å². The summed E-state index contributed by atoms with van der Waals surface area (Å²) in [5.74, 6) is 0.509. The molecule has 2 aromatic rings. The van der Waals surface area contributed by atoms with E-state index in [0.29, 0.717) is 11.5 Å². The molecule has 0 fully saturated rings. The normalized spacial score (nSPS) is 10.3. The Hall–Kier alpha value is -2.01. The maximum absolute atomic E-state index is 11.3. The summed E-state index contributed by atoms with van der Waals surface area (Å²) in [5.41, 5.74) is 13.8. The van der Waals surface area contributed by atoms with Crippen LogP contribution in [0.5, 0.6) is 11.5 Å². The summed E-state index contributed by atoms with van der Waals surface area (Å²) in [6.45, 7) is 3.96. The predicted octanol–water partition coefficient (Wildman–Crippen LogP) is 3.54. The third kappa shape index (κ3) is 2.77. The van der Waals surface area contributed by atoms with Gasteiger partial charge in [0, 0.05) is 4.47 Å². The number of hydrogen-bond donors (Lipinski definition) is 2. The molecule has 2 rings (SSSR count). The number of benzene rings is 2. The van der Waals surface area contributed by atoms with E-state index in [2.05, 4.69) is 15.9 Å². The van der Waals surface area contributed by atoms with Gasteiger partial charge in [0.1, 0.15) is 5.75 Å². The third-order valence-electron chi connectivity index (χ3n) is 2.97. The van der Waals surface area contributed by atoms with E-state index in [1.54, 1.807) is 18.2 Å². The van der Waals surface area contributed by atoms with Crippen LogP contribution >= 0.6 is 15.9 Å². The summed E-state index contributed by atoms with van der Waals surface area (Å²) in [4.78, 5) is 11.3. The maximum atomic E-state index is 11.3. The van der Waals surface area contributed by atoms with Gasteiger partial charge in [0.15, 0.2) is 5.75 Å². The molecule has 0 spiro atoms. The van der Waals surface area contributed by atoms with Crippen LogP contribution in [0.3, 0.4) is 0 Å². The van der Waals surface area contributed by atoms with E-state index in [1.807, 2.05) is 26.0 Å². The number of nitrogen functional groups attached to an aromatic ring is 1. The number of para-hydroxylation sites is 1. The lowest BCUT2D eigenvalue weighted by molar-refractivity contribution is 0.100. The standard InChI is InChI=1S/C15H15BrN2O2/c1-8-6-10(7-9(2)13(8)16)20-12-5-3-4-11(14(12)17)15(18)19/h3-7H,17H2,1-2H3,(H2,18,19). The molecule has 0 heterocycles. The number of primary amides is 1. The van der Waals surface area contributed by atoms with Gasteiger partial charge in [0.2, 0.25) is 0 Å². The van der Waals surface area contributed by atoms with Gasteiger partial charge in [-0.3, -0.25) is 4.79 Å². The van der Waals surface area contributed by atoms with Crippen LogP contribution in [0.2, 0.25) is 0 Å². The van der Waals surface area contributed by atoms with Crippen molar-refractivity contribution in [3.8, 4) is 11.5 Å². The van der Waals surface area contributed by atoms with Gasteiger partial charge in [-0.15, -0.1) is 0 Å². The number of carbonyl (C=O) groups excluding carboxylic acids is 1. The Morgan fingerprint density at radius 1 is 1.20 bits per heavy atom. The first kappa shape index (κ1) is 14.4. The Morgan fingerprint density at radius 2 is 1.80 bits per heavy atom. The zero-order valence-corrected chi connectivity index (χ0v) is 12.8. The molecule has 0 aliphatic heterocycles. The smallest absolute Gasteiger partial charge is 0.250 e. The average Bonchev–Trinajstić information content (AvgIpc) is 2.38. The number of ether oxygens (including phenoxy) is 1. The number of aryl methyl sites for hydroxylation is 2. The monoisotopic (exact) mass is 334 g/mol. The van der Waals surface area contributed by atoms with Crippen molar-refractivity contribution in [2.45, 2.75) is 13.8 Å². The van der Waals surface area contributed by atoms with Crippen molar-refractivity contribution in [3.63, 3.8) is 0 Å². The number of rotatable bonds is 3. The van der Waals surface area contributed by atoms with Crippen LogP contribution in [0.25, 0.3) is 0 Å². The van der Waals surface area contributed by atoms with Crippen LogP contribution < -0.4 is 16.2 Å². The highest BCUT2D eigenvalue weighted by atomic mass is 79.9. The van der Waals surface area contributed by atoms with Gasteiger partial charge < -0.3 is 16.2 Å². The molecule has 0 aliphatic carbocycles. The second-order valence-corrected chi connectivity index (χ2v) is 5.35. The minimum atomic E-state index is -0.573. The SMILES string of the molecule is Cc1cc(Oc2cccc(C(N)=O)c2N)cc(C)c1Br. The second-order valence-electron chi connectivity index (χ2n) is 4.55. The maximum Gasteiger partial charge on any atom is 0.250 e.